The first-order valence-electron chi connectivity index (χ1n) is 7.86. The van der Waals surface area contributed by atoms with E-state index in [0.717, 1.165) is 18.4 Å². The van der Waals surface area contributed by atoms with E-state index < -0.39 is 5.92 Å². The molecule has 0 aliphatic carbocycles. The maximum atomic E-state index is 12.4. The largest absolute Gasteiger partial charge is 0.462 e. The van der Waals surface area contributed by atoms with Gasteiger partial charge in [0.2, 0.25) is 0 Å². The van der Waals surface area contributed by atoms with E-state index in [0.29, 0.717) is 6.42 Å². The molecule has 22 heavy (non-hydrogen) atoms. The average molecular weight is 305 g/mol. The minimum Gasteiger partial charge on any atom is -0.462 e. The van der Waals surface area contributed by atoms with Gasteiger partial charge < -0.3 is 14.9 Å². The van der Waals surface area contributed by atoms with Crippen molar-refractivity contribution < 1.29 is 19.7 Å². The van der Waals surface area contributed by atoms with Crippen molar-refractivity contribution in [3.05, 3.63) is 35.9 Å². The first-order chi connectivity index (χ1) is 10.6. The van der Waals surface area contributed by atoms with Crippen molar-refractivity contribution in [2.45, 2.75) is 49.5 Å². The number of carbonyl (C=O) groups is 1. The second-order valence-corrected chi connectivity index (χ2v) is 6.37. The third kappa shape index (κ3) is 2.89. The fourth-order valence-corrected chi connectivity index (χ4v) is 3.74. The predicted molar refractivity (Wildman–Crippen MR) is 81.3 cm³/mol. The number of aliphatic hydroxyl groups excluding tert-OH is 2. The van der Waals surface area contributed by atoms with E-state index in [1.165, 1.54) is 0 Å². The lowest BCUT2D eigenvalue weighted by atomic mass is 9.98. The summed E-state index contributed by atoms with van der Waals surface area (Å²) >= 11 is 0. The maximum absolute atomic E-state index is 12.4. The van der Waals surface area contributed by atoms with Crippen LogP contribution in [0.15, 0.2) is 30.3 Å². The number of fused-ring (bicyclic) bond motifs is 2. The van der Waals surface area contributed by atoms with Gasteiger partial charge in [-0.15, -0.1) is 0 Å². The van der Waals surface area contributed by atoms with Gasteiger partial charge in [-0.3, -0.25) is 9.69 Å². The summed E-state index contributed by atoms with van der Waals surface area (Å²) in [6.45, 7) is -0.259. The fraction of sp³-hybridized carbons (Fsp3) is 0.588. The number of piperidine rings is 1. The van der Waals surface area contributed by atoms with Crippen molar-refractivity contribution in [2.24, 2.45) is 0 Å². The van der Waals surface area contributed by atoms with Gasteiger partial charge in [-0.2, -0.15) is 0 Å². The molecule has 0 amide bonds. The van der Waals surface area contributed by atoms with Crippen molar-refractivity contribution in [2.75, 3.05) is 13.7 Å². The summed E-state index contributed by atoms with van der Waals surface area (Å²) < 4.78 is 5.64. The Morgan fingerprint density at radius 3 is 2.68 bits per heavy atom. The summed E-state index contributed by atoms with van der Waals surface area (Å²) in [5, 5.41) is 19.6. The van der Waals surface area contributed by atoms with Crippen molar-refractivity contribution in [3.63, 3.8) is 0 Å². The predicted octanol–water partition coefficient (Wildman–Crippen LogP) is 0.902. The summed E-state index contributed by atoms with van der Waals surface area (Å²) in [5.74, 6) is -1.01. The molecule has 2 bridgehead atoms. The third-order valence-corrected chi connectivity index (χ3v) is 5.05. The molecule has 2 aliphatic heterocycles. The zero-order chi connectivity index (χ0) is 15.7. The van der Waals surface area contributed by atoms with Crippen molar-refractivity contribution >= 4 is 5.97 Å². The van der Waals surface area contributed by atoms with Gasteiger partial charge in [0, 0.05) is 24.9 Å². The van der Waals surface area contributed by atoms with Gasteiger partial charge in [-0.05, 0) is 19.0 Å². The highest BCUT2D eigenvalue weighted by atomic mass is 16.5. The van der Waals surface area contributed by atoms with Crippen LogP contribution >= 0.6 is 0 Å². The van der Waals surface area contributed by atoms with Gasteiger partial charge >= 0.3 is 5.97 Å². The molecule has 5 atom stereocenters. The molecule has 5 heteroatoms. The topological polar surface area (TPSA) is 70.0 Å². The van der Waals surface area contributed by atoms with Crippen LogP contribution in [0.2, 0.25) is 0 Å². The van der Waals surface area contributed by atoms with E-state index in [4.69, 9.17) is 4.74 Å². The number of nitrogens with zero attached hydrogens (tertiary/aromatic N) is 1. The van der Waals surface area contributed by atoms with Gasteiger partial charge in [-0.1, -0.05) is 30.3 Å². The van der Waals surface area contributed by atoms with Crippen molar-refractivity contribution in [3.8, 4) is 0 Å². The molecular formula is C17H23NO4. The Labute approximate surface area is 130 Å². The molecule has 0 spiro atoms. The van der Waals surface area contributed by atoms with Crippen LogP contribution in [0.5, 0.6) is 0 Å². The van der Waals surface area contributed by atoms with Crippen LogP contribution in [0, 0.1) is 0 Å². The van der Waals surface area contributed by atoms with E-state index in [1.807, 2.05) is 37.4 Å². The molecule has 0 aromatic heterocycles. The lowest BCUT2D eigenvalue weighted by Crippen LogP contribution is -2.45. The maximum Gasteiger partial charge on any atom is 0.316 e. The minimum absolute atomic E-state index is 0.0702. The summed E-state index contributed by atoms with van der Waals surface area (Å²) in [4.78, 5) is 14.6. The smallest absolute Gasteiger partial charge is 0.316 e. The van der Waals surface area contributed by atoms with Gasteiger partial charge in [0.25, 0.3) is 0 Å². The number of carbonyl (C=O) groups excluding carboxylic acids is 1. The highest BCUT2D eigenvalue weighted by Gasteiger charge is 2.45. The number of likely N-dealkylation sites (N-methyl/N-ethyl adjacent to an activating group) is 1. The van der Waals surface area contributed by atoms with Crippen molar-refractivity contribution in [1.29, 1.82) is 0 Å². The Morgan fingerprint density at radius 2 is 2.05 bits per heavy atom. The fourth-order valence-electron chi connectivity index (χ4n) is 3.74. The summed E-state index contributed by atoms with van der Waals surface area (Å²) in [5.41, 5.74) is 0.769. The molecule has 2 unspecified atom stereocenters. The molecule has 2 fully saturated rings. The number of aliphatic hydroxyl groups is 2. The minimum atomic E-state index is -0.636. The van der Waals surface area contributed by atoms with Crippen LogP contribution in [0.3, 0.4) is 0 Å². The summed E-state index contributed by atoms with van der Waals surface area (Å²) in [6.07, 6.45) is 1.66. The number of hydrogen-bond donors (Lipinski definition) is 2. The summed E-state index contributed by atoms with van der Waals surface area (Å²) in [6, 6.07) is 9.56. The average Bonchev–Trinajstić information content (AvgIpc) is 2.68. The van der Waals surface area contributed by atoms with Crippen LogP contribution in [-0.4, -0.2) is 59.0 Å². The zero-order valence-corrected chi connectivity index (χ0v) is 12.8. The molecule has 0 saturated carbocycles. The molecule has 0 radical (unpaired) electrons. The highest BCUT2D eigenvalue weighted by Crippen LogP contribution is 2.36. The second kappa shape index (κ2) is 6.36. The van der Waals surface area contributed by atoms with E-state index in [-0.39, 0.29) is 36.9 Å². The monoisotopic (exact) mass is 305 g/mol. The molecule has 2 N–H and O–H groups in total. The van der Waals surface area contributed by atoms with Gasteiger partial charge in [0.05, 0.1) is 12.7 Å². The van der Waals surface area contributed by atoms with Crippen molar-refractivity contribution in [1.82, 2.24) is 4.90 Å². The molecule has 2 saturated heterocycles. The molecule has 1 aromatic rings. The quantitative estimate of drug-likeness (QED) is 0.809. The molecular weight excluding hydrogens is 282 g/mol. The van der Waals surface area contributed by atoms with Crippen LogP contribution in [0.1, 0.15) is 30.7 Å². The first-order valence-corrected chi connectivity index (χ1v) is 7.86. The lowest BCUT2D eigenvalue weighted by Gasteiger charge is -2.36. The Kier molecular flexibility index (Phi) is 4.47. The molecule has 3 rings (SSSR count). The zero-order valence-electron chi connectivity index (χ0n) is 12.8. The third-order valence-electron chi connectivity index (χ3n) is 5.05. The Balaban J connectivity index is 1.65. The molecule has 2 heterocycles. The lowest BCUT2D eigenvalue weighted by molar-refractivity contribution is -0.155. The van der Waals surface area contributed by atoms with Crippen LogP contribution in [-0.2, 0) is 9.53 Å². The number of benzene rings is 1. The highest BCUT2D eigenvalue weighted by molar-refractivity contribution is 5.78. The molecule has 5 nitrogen and oxygen atoms in total. The molecule has 1 aromatic carbocycles. The Morgan fingerprint density at radius 1 is 1.32 bits per heavy atom. The molecule has 120 valence electrons. The standard InChI is InChI=1S/C17H23NO4/c1-18-12-7-13(9-15(18)16(20)8-12)22-17(21)14(10-19)11-5-3-2-4-6-11/h2-6,12-16,19-20H,7-10H2,1H3/t12-,13+,14?,15+,16?/m0/s1. The Bertz CT molecular complexity index is 521. The van der Waals surface area contributed by atoms with Crippen LogP contribution in [0.4, 0.5) is 0 Å². The van der Waals surface area contributed by atoms with Gasteiger partial charge in [0.15, 0.2) is 0 Å². The number of hydrogen-bond acceptors (Lipinski definition) is 5. The number of esters is 1. The Hall–Kier alpha value is -1.43. The van der Waals surface area contributed by atoms with E-state index in [1.54, 1.807) is 0 Å². The number of rotatable bonds is 4. The van der Waals surface area contributed by atoms with Gasteiger partial charge in [-0.25, -0.2) is 0 Å². The van der Waals surface area contributed by atoms with Crippen LogP contribution < -0.4 is 0 Å². The second-order valence-electron chi connectivity index (χ2n) is 6.37. The van der Waals surface area contributed by atoms with E-state index in [9.17, 15) is 15.0 Å². The van der Waals surface area contributed by atoms with Crippen LogP contribution in [0.25, 0.3) is 0 Å². The van der Waals surface area contributed by atoms with Gasteiger partial charge in [0.1, 0.15) is 12.0 Å². The summed E-state index contributed by atoms with van der Waals surface area (Å²) in [7, 11) is 2.02. The normalized spacial score (nSPS) is 32.7. The number of ether oxygens (including phenoxy) is 1. The van der Waals surface area contributed by atoms with E-state index >= 15 is 0 Å². The van der Waals surface area contributed by atoms with E-state index in [2.05, 4.69) is 4.90 Å². The first kappa shape index (κ1) is 15.5. The molecule has 2 aliphatic rings. The SMILES string of the molecule is CN1[C@@H]2CC(O)[C@H]1C[C@H](OC(=O)C(CO)c1ccccc1)C2.